The van der Waals surface area contributed by atoms with Crippen molar-refractivity contribution in [3.05, 3.63) is 54.6 Å². The molecule has 0 spiro atoms. The topological polar surface area (TPSA) is 65.0 Å². The number of likely N-dealkylation sites (N-methyl/N-ethyl adjacent to an activating group) is 1. The number of nitrogens with one attached hydrogen (secondary N) is 1. The Balaban J connectivity index is 1.69. The predicted octanol–water partition coefficient (Wildman–Crippen LogP) is 3.40. The quantitative estimate of drug-likeness (QED) is 0.848. The third kappa shape index (κ3) is 5.21. The second kappa shape index (κ2) is 8.41. The maximum absolute atomic E-state index is 12.8. The largest absolute Gasteiger partial charge is 0.455 e. The number of likely N-dealkylation sites (tertiary alicyclic amines) is 1. The maximum Gasteiger partial charge on any atom is 0.322 e. The summed E-state index contributed by atoms with van der Waals surface area (Å²) in [5, 5.41) is 13.7. The predicted molar refractivity (Wildman–Crippen MR) is 106 cm³/mol. The Bertz CT molecular complexity index is 766. The SMILES string of the molecule is CN(C)CC1(O)CCCN(C(=O)Nc2ccccc2Oc2ccccc2)C1. The summed E-state index contributed by atoms with van der Waals surface area (Å²) in [5.41, 5.74) is -0.271. The van der Waals surface area contributed by atoms with Gasteiger partial charge in [0, 0.05) is 13.1 Å². The number of aliphatic hydroxyl groups is 1. The van der Waals surface area contributed by atoms with E-state index in [-0.39, 0.29) is 6.03 Å². The van der Waals surface area contributed by atoms with Crippen LogP contribution in [-0.2, 0) is 0 Å². The van der Waals surface area contributed by atoms with Gasteiger partial charge >= 0.3 is 6.03 Å². The second-order valence-electron chi connectivity index (χ2n) is 7.33. The van der Waals surface area contributed by atoms with Gasteiger partial charge in [-0.25, -0.2) is 4.79 Å². The van der Waals surface area contributed by atoms with Crippen LogP contribution in [0.5, 0.6) is 11.5 Å². The molecule has 2 N–H and O–H groups in total. The van der Waals surface area contributed by atoms with Gasteiger partial charge in [-0.1, -0.05) is 30.3 Å². The van der Waals surface area contributed by atoms with Gasteiger partial charge in [-0.2, -0.15) is 0 Å². The third-order valence-electron chi connectivity index (χ3n) is 4.55. The molecule has 1 unspecified atom stereocenters. The van der Waals surface area contributed by atoms with Crippen molar-refractivity contribution in [1.29, 1.82) is 0 Å². The van der Waals surface area contributed by atoms with Crippen molar-refractivity contribution in [3.63, 3.8) is 0 Å². The molecule has 0 aromatic heterocycles. The average Bonchev–Trinajstić information content (AvgIpc) is 2.63. The van der Waals surface area contributed by atoms with Crippen LogP contribution in [0, 0.1) is 0 Å². The zero-order chi connectivity index (χ0) is 19.3. The molecule has 2 aromatic carbocycles. The number of urea groups is 1. The molecule has 1 aliphatic rings. The summed E-state index contributed by atoms with van der Waals surface area (Å²) in [5.74, 6) is 1.29. The van der Waals surface area contributed by atoms with E-state index in [4.69, 9.17) is 4.74 Å². The number of para-hydroxylation sites is 3. The number of nitrogens with zero attached hydrogens (tertiary/aromatic N) is 2. The number of benzene rings is 2. The molecular weight excluding hydrogens is 342 g/mol. The Morgan fingerprint density at radius 3 is 2.63 bits per heavy atom. The molecule has 1 heterocycles. The first-order valence-electron chi connectivity index (χ1n) is 9.20. The van der Waals surface area contributed by atoms with Crippen LogP contribution in [0.1, 0.15) is 12.8 Å². The van der Waals surface area contributed by atoms with Crippen LogP contribution in [0.2, 0.25) is 0 Å². The summed E-state index contributed by atoms with van der Waals surface area (Å²) in [6.45, 7) is 1.48. The number of carbonyl (C=O) groups is 1. The molecule has 1 aliphatic heterocycles. The van der Waals surface area contributed by atoms with Crippen LogP contribution in [0.15, 0.2) is 54.6 Å². The molecular formula is C21H27N3O3. The van der Waals surface area contributed by atoms with Gasteiger partial charge in [0.15, 0.2) is 5.75 Å². The minimum Gasteiger partial charge on any atom is -0.455 e. The highest BCUT2D eigenvalue weighted by Gasteiger charge is 2.35. The van der Waals surface area contributed by atoms with Crippen molar-refractivity contribution >= 4 is 11.7 Å². The number of amides is 2. The lowest BCUT2D eigenvalue weighted by Gasteiger charge is -2.40. The van der Waals surface area contributed by atoms with Crippen LogP contribution in [0.25, 0.3) is 0 Å². The van der Waals surface area contributed by atoms with E-state index >= 15 is 0 Å². The van der Waals surface area contributed by atoms with Crippen molar-refractivity contribution in [1.82, 2.24) is 9.80 Å². The van der Waals surface area contributed by atoms with Crippen molar-refractivity contribution in [2.24, 2.45) is 0 Å². The van der Waals surface area contributed by atoms with Gasteiger partial charge in [0.1, 0.15) is 5.75 Å². The molecule has 1 saturated heterocycles. The van der Waals surface area contributed by atoms with E-state index in [0.717, 1.165) is 6.42 Å². The van der Waals surface area contributed by atoms with E-state index in [1.54, 1.807) is 4.90 Å². The molecule has 0 bridgehead atoms. The summed E-state index contributed by atoms with van der Waals surface area (Å²) in [6.07, 6.45) is 1.47. The highest BCUT2D eigenvalue weighted by molar-refractivity contribution is 5.91. The monoisotopic (exact) mass is 369 g/mol. The van der Waals surface area contributed by atoms with Crippen LogP contribution in [-0.4, -0.2) is 60.3 Å². The maximum atomic E-state index is 12.8. The molecule has 1 fully saturated rings. The van der Waals surface area contributed by atoms with Crippen molar-refractivity contribution in [3.8, 4) is 11.5 Å². The highest BCUT2D eigenvalue weighted by Crippen LogP contribution is 2.30. The number of hydrogen-bond acceptors (Lipinski definition) is 4. The number of ether oxygens (including phenoxy) is 1. The standard InChI is InChI=1S/C21H27N3O3/c1-23(2)15-21(26)13-8-14-24(16-21)20(25)22-18-11-6-7-12-19(18)27-17-9-4-3-5-10-17/h3-7,9-12,26H,8,13-16H2,1-2H3,(H,22,25). The summed E-state index contributed by atoms with van der Waals surface area (Å²) >= 11 is 0. The fraction of sp³-hybridized carbons (Fsp3) is 0.381. The number of piperidine rings is 1. The molecule has 0 radical (unpaired) electrons. The van der Waals surface area contributed by atoms with E-state index < -0.39 is 5.60 Å². The summed E-state index contributed by atoms with van der Waals surface area (Å²) in [6, 6.07) is 16.6. The average molecular weight is 369 g/mol. The first-order chi connectivity index (χ1) is 13.0. The highest BCUT2D eigenvalue weighted by atomic mass is 16.5. The van der Waals surface area contributed by atoms with Crippen molar-refractivity contribution in [2.75, 3.05) is 39.0 Å². The number of anilines is 1. The number of rotatable bonds is 5. The van der Waals surface area contributed by atoms with Gasteiger partial charge in [0.05, 0.1) is 17.8 Å². The first kappa shape index (κ1) is 19.2. The fourth-order valence-corrected chi connectivity index (χ4v) is 3.47. The molecule has 0 saturated carbocycles. The lowest BCUT2D eigenvalue weighted by molar-refractivity contribution is -0.0333. The Morgan fingerprint density at radius 2 is 1.89 bits per heavy atom. The van der Waals surface area contributed by atoms with Crippen LogP contribution in [0.3, 0.4) is 0 Å². The smallest absolute Gasteiger partial charge is 0.322 e. The number of β-amino-alcohol motifs (C(OH)–C–C–N with tert-alkyl or cyclic N) is 1. The Hall–Kier alpha value is -2.57. The zero-order valence-electron chi connectivity index (χ0n) is 15.9. The Labute approximate surface area is 160 Å². The normalized spacial score (nSPS) is 19.8. The van der Waals surface area contributed by atoms with Crippen LogP contribution < -0.4 is 10.1 Å². The molecule has 3 rings (SSSR count). The van der Waals surface area contributed by atoms with E-state index in [0.29, 0.717) is 43.2 Å². The fourth-order valence-electron chi connectivity index (χ4n) is 3.47. The van der Waals surface area contributed by atoms with Gasteiger partial charge in [0.2, 0.25) is 0 Å². The summed E-state index contributed by atoms with van der Waals surface area (Å²) in [7, 11) is 3.85. The van der Waals surface area contributed by atoms with Gasteiger partial charge in [-0.3, -0.25) is 0 Å². The van der Waals surface area contributed by atoms with Gasteiger partial charge in [-0.05, 0) is 51.2 Å². The number of carbonyl (C=O) groups excluding carboxylic acids is 1. The molecule has 6 nitrogen and oxygen atoms in total. The van der Waals surface area contributed by atoms with Crippen molar-refractivity contribution in [2.45, 2.75) is 18.4 Å². The van der Waals surface area contributed by atoms with E-state index in [9.17, 15) is 9.90 Å². The van der Waals surface area contributed by atoms with Crippen molar-refractivity contribution < 1.29 is 14.6 Å². The zero-order valence-corrected chi connectivity index (χ0v) is 15.9. The molecule has 144 valence electrons. The molecule has 2 aromatic rings. The minimum absolute atomic E-state index is 0.226. The second-order valence-corrected chi connectivity index (χ2v) is 7.33. The Kier molecular flexibility index (Phi) is 5.98. The molecule has 6 heteroatoms. The summed E-state index contributed by atoms with van der Waals surface area (Å²) in [4.78, 5) is 16.4. The molecule has 27 heavy (non-hydrogen) atoms. The lowest BCUT2D eigenvalue weighted by atomic mass is 9.92. The van der Waals surface area contributed by atoms with Gasteiger partial charge in [-0.15, -0.1) is 0 Å². The van der Waals surface area contributed by atoms with E-state index in [1.165, 1.54) is 0 Å². The third-order valence-corrected chi connectivity index (χ3v) is 4.55. The van der Waals surface area contributed by atoms with E-state index in [2.05, 4.69) is 5.32 Å². The summed E-state index contributed by atoms with van der Waals surface area (Å²) < 4.78 is 5.90. The first-order valence-corrected chi connectivity index (χ1v) is 9.20. The molecule has 0 aliphatic carbocycles. The Morgan fingerprint density at radius 1 is 1.19 bits per heavy atom. The minimum atomic E-state index is -0.876. The number of hydrogen-bond donors (Lipinski definition) is 2. The molecule has 1 atom stereocenters. The van der Waals surface area contributed by atoms with Crippen LogP contribution >= 0.6 is 0 Å². The lowest BCUT2D eigenvalue weighted by Crippen LogP contribution is -2.55. The van der Waals surface area contributed by atoms with Gasteiger partial charge < -0.3 is 25.0 Å². The van der Waals surface area contributed by atoms with Gasteiger partial charge in [0.25, 0.3) is 0 Å². The molecule has 2 amide bonds. The van der Waals surface area contributed by atoms with Crippen LogP contribution in [0.4, 0.5) is 10.5 Å². The van der Waals surface area contributed by atoms with E-state index in [1.807, 2.05) is 73.6 Å².